The van der Waals surface area contributed by atoms with Crippen LogP contribution in [0, 0.1) is 11.3 Å². The molecule has 0 saturated carbocycles. The zero-order valence-electron chi connectivity index (χ0n) is 15.5. The van der Waals surface area contributed by atoms with Gasteiger partial charge < -0.3 is 19.1 Å². The van der Waals surface area contributed by atoms with Crippen molar-refractivity contribution in [3.63, 3.8) is 0 Å². The molecule has 1 N–H and O–H groups in total. The quantitative estimate of drug-likeness (QED) is 0.319. The van der Waals surface area contributed by atoms with Gasteiger partial charge in [-0.2, -0.15) is 5.26 Å². The topological polar surface area (TPSA) is 102 Å². The first kappa shape index (κ1) is 18.3. The highest BCUT2D eigenvalue weighted by Gasteiger charge is 2.33. The number of carbonyl (C=O) groups excluding carboxylic acids is 2. The molecular formula is C22H16N2O5. The van der Waals surface area contributed by atoms with Crippen LogP contribution in [0.15, 0.2) is 54.2 Å². The minimum atomic E-state index is -0.967. The van der Waals surface area contributed by atoms with E-state index in [0.29, 0.717) is 28.8 Å². The lowest BCUT2D eigenvalue weighted by Crippen LogP contribution is -2.08. The number of aliphatic hydroxyl groups is 1. The number of ketones is 1. The number of nitrogens with zero attached hydrogens (tertiary/aromatic N) is 2. The van der Waals surface area contributed by atoms with Gasteiger partial charge in [0, 0.05) is 29.2 Å². The van der Waals surface area contributed by atoms with Crippen molar-refractivity contribution in [2.24, 2.45) is 0 Å². The number of ether oxygens (including phenoxy) is 2. The first-order chi connectivity index (χ1) is 14.0. The van der Waals surface area contributed by atoms with Crippen LogP contribution in [-0.2, 0) is 20.9 Å². The summed E-state index contributed by atoms with van der Waals surface area (Å²) in [5.41, 5.74) is 2.70. The van der Waals surface area contributed by atoms with Crippen molar-refractivity contribution in [2.45, 2.75) is 6.54 Å². The van der Waals surface area contributed by atoms with Gasteiger partial charge in [-0.15, -0.1) is 0 Å². The van der Waals surface area contributed by atoms with Gasteiger partial charge in [-0.05, 0) is 35.9 Å². The Labute approximate surface area is 166 Å². The van der Waals surface area contributed by atoms with E-state index in [9.17, 15) is 14.7 Å². The first-order valence-corrected chi connectivity index (χ1v) is 8.81. The number of cyclic esters (lactones) is 1. The Hall–Kier alpha value is -4.05. The monoisotopic (exact) mass is 388 g/mol. The number of rotatable bonds is 4. The maximum Gasteiger partial charge on any atom is 0.379 e. The molecule has 0 bridgehead atoms. The number of hydrogen-bond acceptors (Lipinski definition) is 6. The molecular weight excluding hydrogens is 372 g/mol. The molecule has 0 amide bonds. The van der Waals surface area contributed by atoms with E-state index in [4.69, 9.17) is 14.7 Å². The normalized spacial score (nSPS) is 15.3. The molecule has 2 heterocycles. The number of esters is 1. The molecule has 3 aromatic rings. The van der Waals surface area contributed by atoms with E-state index in [0.717, 1.165) is 11.1 Å². The Morgan fingerprint density at radius 1 is 1.24 bits per heavy atom. The zero-order valence-corrected chi connectivity index (χ0v) is 15.5. The molecule has 0 aliphatic carbocycles. The second-order valence-electron chi connectivity index (χ2n) is 6.59. The van der Waals surface area contributed by atoms with Gasteiger partial charge in [-0.1, -0.05) is 12.1 Å². The lowest BCUT2D eigenvalue weighted by Gasteiger charge is -2.06. The molecule has 0 radical (unpaired) electrons. The highest BCUT2D eigenvalue weighted by atomic mass is 16.5. The fourth-order valence-corrected chi connectivity index (χ4v) is 3.33. The first-order valence-electron chi connectivity index (χ1n) is 8.81. The van der Waals surface area contributed by atoms with Crippen molar-refractivity contribution in [3.05, 3.63) is 70.9 Å². The summed E-state index contributed by atoms with van der Waals surface area (Å²) in [5, 5.41) is 20.4. The van der Waals surface area contributed by atoms with Crippen molar-refractivity contribution in [2.75, 3.05) is 13.7 Å². The molecule has 1 aromatic heterocycles. The summed E-state index contributed by atoms with van der Waals surface area (Å²) in [6.07, 6.45) is 1.72. The summed E-state index contributed by atoms with van der Waals surface area (Å²) in [6, 6.07) is 14.7. The average molecular weight is 388 g/mol. The van der Waals surface area contributed by atoms with E-state index in [1.165, 1.54) is 0 Å². The van der Waals surface area contributed by atoms with E-state index in [1.807, 2.05) is 22.8 Å². The molecule has 4 rings (SSSR count). The van der Waals surface area contributed by atoms with Crippen molar-refractivity contribution in [1.82, 2.24) is 4.57 Å². The number of aliphatic hydroxyl groups excluding tert-OH is 1. The average Bonchev–Trinajstić information content (AvgIpc) is 3.28. The van der Waals surface area contributed by atoms with Gasteiger partial charge in [-0.25, -0.2) is 4.79 Å². The minimum Gasteiger partial charge on any atom is -0.507 e. The van der Waals surface area contributed by atoms with E-state index < -0.39 is 11.8 Å². The Morgan fingerprint density at radius 2 is 2.00 bits per heavy atom. The third-order valence-corrected chi connectivity index (χ3v) is 4.87. The summed E-state index contributed by atoms with van der Waals surface area (Å²) in [4.78, 5) is 23.4. The minimum absolute atomic E-state index is 0.0600. The molecule has 29 heavy (non-hydrogen) atoms. The third-order valence-electron chi connectivity index (χ3n) is 4.87. The Balaban J connectivity index is 1.84. The van der Waals surface area contributed by atoms with Crippen LogP contribution in [0.3, 0.4) is 0 Å². The van der Waals surface area contributed by atoms with E-state index in [-0.39, 0.29) is 17.9 Å². The predicted octanol–water partition coefficient (Wildman–Crippen LogP) is 2.96. The van der Waals surface area contributed by atoms with Crippen LogP contribution in [0.5, 0.6) is 5.75 Å². The van der Waals surface area contributed by atoms with E-state index >= 15 is 0 Å². The number of fused-ring (bicyclic) bond motifs is 1. The number of carbonyl (C=O) groups is 2. The smallest absolute Gasteiger partial charge is 0.379 e. The van der Waals surface area contributed by atoms with Crippen LogP contribution in [0.1, 0.15) is 16.7 Å². The maximum atomic E-state index is 12.0. The molecule has 1 saturated heterocycles. The van der Waals surface area contributed by atoms with Crippen LogP contribution in [0.2, 0.25) is 0 Å². The van der Waals surface area contributed by atoms with Gasteiger partial charge in [0.1, 0.15) is 18.1 Å². The fourth-order valence-electron chi connectivity index (χ4n) is 3.33. The van der Waals surface area contributed by atoms with Gasteiger partial charge >= 0.3 is 5.97 Å². The second-order valence-corrected chi connectivity index (χ2v) is 6.59. The fraction of sp³-hybridized carbons (Fsp3) is 0.136. The second kappa shape index (κ2) is 7.17. The molecule has 0 spiro atoms. The molecule has 1 aliphatic heterocycles. The highest BCUT2D eigenvalue weighted by molar-refractivity contribution is 6.43. The molecule has 1 fully saturated rings. The van der Waals surface area contributed by atoms with E-state index in [1.54, 1.807) is 37.6 Å². The van der Waals surface area contributed by atoms with Gasteiger partial charge in [0.05, 0.1) is 24.3 Å². The summed E-state index contributed by atoms with van der Waals surface area (Å²) in [6.45, 7) is 0.232. The number of aromatic nitrogens is 1. The lowest BCUT2D eigenvalue weighted by atomic mass is 10.1. The highest BCUT2D eigenvalue weighted by Crippen LogP contribution is 2.32. The van der Waals surface area contributed by atoms with Gasteiger partial charge in [0.15, 0.2) is 0 Å². The van der Waals surface area contributed by atoms with Crippen LogP contribution in [-0.4, -0.2) is 35.1 Å². The Bertz CT molecular complexity index is 1210. The predicted molar refractivity (Wildman–Crippen MR) is 104 cm³/mol. The molecule has 0 atom stereocenters. The maximum absolute atomic E-state index is 12.0. The van der Waals surface area contributed by atoms with Crippen LogP contribution in [0.25, 0.3) is 16.7 Å². The number of hydrogen-bond donors (Lipinski definition) is 1. The van der Waals surface area contributed by atoms with Crippen molar-refractivity contribution in [1.29, 1.82) is 5.26 Å². The largest absolute Gasteiger partial charge is 0.507 e. The van der Waals surface area contributed by atoms with Gasteiger partial charge in [-0.3, -0.25) is 4.79 Å². The lowest BCUT2D eigenvalue weighted by molar-refractivity contribution is -0.146. The van der Waals surface area contributed by atoms with E-state index in [2.05, 4.69) is 6.07 Å². The SMILES string of the molecule is COc1ccc2c(c1)c(/C(O)=C1\COC(=O)C1=O)cn2Cc1ccc(C#N)cc1. The standard InChI is InChI=1S/C22H16N2O5/c1-28-15-6-7-19-16(8-15)17(20(25)18-12-29-22(27)21(18)26)11-24(19)10-14-4-2-13(9-23)3-5-14/h2-8,11,25H,10,12H2,1H3/b20-18-. The number of nitriles is 1. The summed E-state index contributed by atoms with van der Waals surface area (Å²) in [5.74, 6) is -1.49. The number of benzene rings is 2. The van der Waals surface area contributed by atoms with Crippen molar-refractivity contribution in [3.8, 4) is 11.8 Å². The van der Waals surface area contributed by atoms with Gasteiger partial charge in [0.2, 0.25) is 0 Å². The van der Waals surface area contributed by atoms with Crippen LogP contribution >= 0.6 is 0 Å². The molecule has 0 unspecified atom stereocenters. The molecule has 7 heteroatoms. The van der Waals surface area contributed by atoms with Crippen LogP contribution in [0.4, 0.5) is 0 Å². The molecule has 1 aliphatic rings. The summed E-state index contributed by atoms with van der Waals surface area (Å²) in [7, 11) is 1.54. The Kier molecular flexibility index (Phi) is 4.53. The third kappa shape index (κ3) is 3.21. The summed E-state index contributed by atoms with van der Waals surface area (Å²) >= 11 is 0. The number of Topliss-reactive ketones (excluding diaryl/α,β-unsaturated/α-hetero) is 1. The number of methoxy groups -OCH3 is 1. The Morgan fingerprint density at radius 3 is 2.62 bits per heavy atom. The summed E-state index contributed by atoms with van der Waals surface area (Å²) < 4.78 is 11.9. The van der Waals surface area contributed by atoms with Gasteiger partial charge in [0.25, 0.3) is 5.78 Å². The molecule has 7 nitrogen and oxygen atoms in total. The molecule has 2 aromatic carbocycles. The van der Waals surface area contributed by atoms with Crippen LogP contribution < -0.4 is 4.74 Å². The molecule has 144 valence electrons. The zero-order chi connectivity index (χ0) is 20.5. The van der Waals surface area contributed by atoms with Crippen molar-refractivity contribution < 1.29 is 24.2 Å². The van der Waals surface area contributed by atoms with Crippen molar-refractivity contribution >= 4 is 28.4 Å².